The number of ether oxygens (including phenoxy) is 1. The number of aliphatic carboxylic acids is 1. The Labute approximate surface area is 109 Å². The number of nitrogens with one attached hydrogen (secondary N) is 1. The van der Waals surface area contributed by atoms with Crippen LogP contribution < -0.4 is 5.32 Å². The fourth-order valence-corrected chi connectivity index (χ4v) is 3.87. The van der Waals surface area contributed by atoms with Gasteiger partial charge in [0.1, 0.15) is 6.04 Å². The van der Waals surface area contributed by atoms with Gasteiger partial charge in [0.2, 0.25) is 0 Å². The highest BCUT2D eigenvalue weighted by atomic mass is 16.5. The third-order valence-corrected chi connectivity index (χ3v) is 5.82. The molecule has 4 unspecified atom stereocenters. The summed E-state index contributed by atoms with van der Waals surface area (Å²) in [5.41, 5.74) is 0.518. The normalized spacial score (nSPS) is 38.9. The van der Waals surface area contributed by atoms with E-state index in [1.54, 1.807) is 7.05 Å². The molecule has 0 aromatic carbocycles. The molecule has 104 valence electrons. The molecule has 2 aliphatic carbocycles. The Kier molecular flexibility index (Phi) is 3.45. The first kappa shape index (κ1) is 13.8. The van der Waals surface area contributed by atoms with E-state index in [1.165, 1.54) is 12.8 Å². The number of carbonyl (C=O) groups is 1. The molecule has 0 spiro atoms. The number of rotatable bonds is 5. The standard InChI is InChI=1S/C14H25NO3/c1-13(2)9-5-6-14(13,3)11(7-9)18-8-10(15-4)12(16)17/h9-11,15H,5-8H2,1-4H3,(H,16,17). The fourth-order valence-electron chi connectivity index (χ4n) is 3.87. The van der Waals surface area contributed by atoms with Crippen LogP contribution in [0.25, 0.3) is 0 Å². The Hall–Kier alpha value is -0.610. The lowest BCUT2D eigenvalue weighted by Gasteiger charge is -2.39. The van der Waals surface area contributed by atoms with Gasteiger partial charge in [-0.3, -0.25) is 4.79 Å². The van der Waals surface area contributed by atoms with Crippen LogP contribution in [0.4, 0.5) is 0 Å². The van der Waals surface area contributed by atoms with Gasteiger partial charge >= 0.3 is 5.97 Å². The van der Waals surface area contributed by atoms with Crippen LogP contribution in [0.1, 0.15) is 40.0 Å². The molecule has 4 nitrogen and oxygen atoms in total. The van der Waals surface area contributed by atoms with E-state index in [1.807, 2.05) is 0 Å². The summed E-state index contributed by atoms with van der Waals surface area (Å²) < 4.78 is 5.95. The molecule has 4 atom stereocenters. The first-order chi connectivity index (χ1) is 8.33. The number of fused-ring (bicyclic) bond motifs is 2. The zero-order valence-electron chi connectivity index (χ0n) is 11.8. The van der Waals surface area contributed by atoms with Crippen molar-refractivity contribution in [1.29, 1.82) is 0 Å². The van der Waals surface area contributed by atoms with Crippen LogP contribution in [0, 0.1) is 16.7 Å². The molecule has 2 aliphatic rings. The molecule has 0 heterocycles. The van der Waals surface area contributed by atoms with Crippen LogP contribution in [-0.2, 0) is 9.53 Å². The van der Waals surface area contributed by atoms with Crippen LogP contribution in [0.3, 0.4) is 0 Å². The van der Waals surface area contributed by atoms with E-state index in [2.05, 4.69) is 26.1 Å². The molecule has 2 rings (SSSR count). The molecule has 0 saturated heterocycles. The summed E-state index contributed by atoms with van der Waals surface area (Å²) in [6.45, 7) is 7.23. The zero-order chi connectivity index (χ0) is 13.6. The third-order valence-electron chi connectivity index (χ3n) is 5.82. The molecule has 2 N–H and O–H groups in total. The quantitative estimate of drug-likeness (QED) is 0.787. The van der Waals surface area contributed by atoms with E-state index < -0.39 is 12.0 Å². The van der Waals surface area contributed by atoms with Crippen LogP contribution in [0.15, 0.2) is 0 Å². The molecular formula is C14H25NO3. The second-order valence-corrected chi connectivity index (χ2v) is 6.61. The van der Waals surface area contributed by atoms with E-state index in [4.69, 9.17) is 9.84 Å². The van der Waals surface area contributed by atoms with Crippen molar-refractivity contribution in [3.8, 4) is 0 Å². The van der Waals surface area contributed by atoms with E-state index in [0.29, 0.717) is 5.41 Å². The Morgan fingerprint density at radius 1 is 1.50 bits per heavy atom. The van der Waals surface area contributed by atoms with E-state index in [0.717, 1.165) is 12.3 Å². The van der Waals surface area contributed by atoms with Crippen molar-refractivity contribution < 1.29 is 14.6 Å². The second kappa shape index (κ2) is 4.49. The highest BCUT2D eigenvalue weighted by Gasteiger charge is 2.61. The summed E-state index contributed by atoms with van der Waals surface area (Å²) in [4.78, 5) is 11.0. The van der Waals surface area contributed by atoms with Crippen molar-refractivity contribution in [2.45, 2.75) is 52.2 Å². The van der Waals surface area contributed by atoms with Gasteiger partial charge in [-0.2, -0.15) is 0 Å². The SMILES string of the molecule is CNC(COC1CC2CCC1(C)C2(C)C)C(=O)O. The summed E-state index contributed by atoms with van der Waals surface area (Å²) in [7, 11) is 1.66. The molecule has 4 heteroatoms. The van der Waals surface area contributed by atoms with Gasteiger partial charge in [0.25, 0.3) is 0 Å². The minimum Gasteiger partial charge on any atom is -0.480 e. The average Bonchev–Trinajstić information content (AvgIpc) is 2.62. The summed E-state index contributed by atoms with van der Waals surface area (Å²) in [6, 6.07) is -0.601. The van der Waals surface area contributed by atoms with Gasteiger partial charge in [-0.05, 0) is 43.1 Å². The number of likely N-dealkylation sites (N-methyl/N-ethyl adjacent to an activating group) is 1. The molecule has 0 amide bonds. The molecule has 0 aromatic heterocycles. The monoisotopic (exact) mass is 255 g/mol. The van der Waals surface area contributed by atoms with Crippen molar-refractivity contribution in [3.05, 3.63) is 0 Å². The summed E-state index contributed by atoms with van der Waals surface area (Å²) in [6.07, 6.45) is 3.78. The van der Waals surface area contributed by atoms with Crippen molar-refractivity contribution in [2.24, 2.45) is 16.7 Å². The molecule has 2 saturated carbocycles. The average molecular weight is 255 g/mol. The van der Waals surface area contributed by atoms with Gasteiger partial charge in [-0.25, -0.2) is 0 Å². The molecule has 18 heavy (non-hydrogen) atoms. The third kappa shape index (κ3) is 1.86. The molecule has 2 fully saturated rings. The van der Waals surface area contributed by atoms with Gasteiger partial charge in [0, 0.05) is 0 Å². The Balaban J connectivity index is 1.99. The largest absolute Gasteiger partial charge is 0.480 e. The van der Waals surface area contributed by atoms with Gasteiger partial charge < -0.3 is 15.2 Å². The Morgan fingerprint density at radius 2 is 2.17 bits per heavy atom. The molecule has 0 aliphatic heterocycles. The van der Waals surface area contributed by atoms with Crippen LogP contribution in [0.2, 0.25) is 0 Å². The van der Waals surface area contributed by atoms with Gasteiger partial charge in [0.15, 0.2) is 0 Å². The second-order valence-electron chi connectivity index (χ2n) is 6.61. The van der Waals surface area contributed by atoms with Crippen LogP contribution in [-0.4, -0.2) is 36.9 Å². The summed E-state index contributed by atoms with van der Waals surface area (Å²) in [5.74, 6) is -0.115. The van der Waals surface area contributed by atoms with Crippen molar-refractivity contribution in [3.63, 3.8) is 0 Å². The maximum Gasteiger partial charge on any atom is 0.323 e. The minimum absolute atomic E-state index is 0.203. The molecule has 0 radical (unpaired) electrons. The first-order valence-corrected chi connectivity index (χ1v) is 6.84. The van der Waals surface area contributed by atoms with Gasteiger partial charge in [-0.15, -0.1) is 0 Å². The maximum absolute atomic E-state index is 11.0. The number of carboxylic acid groups (broad SMARTS) is 1. The topological polar surface area (TPSA) is 58.6 Å². The van der Waals surface area contributed by atoms with Crippen LogP contribution in [0.5, 0.6) is 0 Å². The van der Waals surface area contributed by atoms with Gasteiger partial charge in [-0.1, -0.05) is 20.8 Å². The number of hydrogen-bond acceptors (Lipinski definition) is 3. The molecular weight excluding hydrogens is 230 g/mol. The maximum atomic E-state index is 11.0. The van der Waals surface area contributed by atoms with Crippen molar-refractivity contribution >= 4 is 5.97 Å². The minimum atomic E-state index is -0.843. The summed E-state index contributed by atoms with van der Waals surface area (Å²) in [5, 5.41) is 11.8. The Morgan fingerprint density at radius 3 is 2.56 bits per heavy atom. The lowest BCUT2D eigenvalue weighted by Crippen LogP contribution is -2.43. The predicted octanol–water partition coefficient (Wildman–Crippen LogP) is 1.89. The van der Waals surface area contributed by atoms with E-state index >= 15 is 0 Å². The molecule has 2 bridgehead atoms. The predicted molar refractivity (Wildman–Crippen MR) is 69.5 cm³/mol. The van der Waals surface area contributed by atoms with Crippen molar-refractivity contribution in [2.75, 3.05) is 13.7 Å². The lowest BCUT2D eigenvalue weighted by atomic mass is 9.70. The van der Waals surface area contributed by atoms with Crippen LogP contribution >= 0.6 is 0 Å². The van der Waals surface area contributed by atoms with E-state index in [-0.39, 0.29) is 18.1 Å². The highest BCUT2D eigenvalue weighted by molar-refractivity contribution is 5.73. The first-order valence-electron chi connectivity index (χ1n) is 6.84. The number of carboxylic acids is 1. The fraction of sp³-hybridized carbons (Fsp3) is 0.929. The highest BCUT2D eigenvalue weighted by Crippen LogP contribution is 2.66. The summed E-state index contributed by atoms with van der Waals surface area (Å²) >= 11 is 0. The Bertz CT molecular complexity index is 342. The zero-order valence-corrected chi connectivity index (χ0v) is 11.8. The van der Waals surface area contributed by atoms with E-state index in [9.17, 15) is 4.79 Å². The van der Waals surface area contributed by atoms with Crippen molar-refractivity contribution in [1.82, 2.24) is 5.32 Å². The lowest BCUT2D eigenvalue weighted by molar-refractivity contribution is -0.143. The smallest absolute Gasteiger partial charge is 0.323 e. The van der Waals surface area contributed by atoms with Gasteiger partial charge in [0.05, 0.1) is 12.7 Å². The number of hydrogen-bond donors (Lipinski definition) is 2. The molecule has 0 aromatic rings.